The van der Waals surface area contributed by atoms with Crippen molar-refractivity contribution in [3.63, 3.8) is 0 Å². The number of aryl methyl sites for hydroxylation is 3. The number of hydrogen-bond donors (Lipinski definition) is 1. The van der Waals surface area contributed by atoms with Crippen LogP contribution in [0.25, 0.3) is 10.7 Å². The van der Waals surface area contributed by atoms with Crippen molar-refractivity contribution in [2.24, 2.45) is 5.73 Å². The standard InChI is InChI=1S/C14H19N3S/c1-4-5-11-12(7-15)18-14(17-11)13-10(3)6-9(2)8-16-13/h6,8H,4-5,7,15H2,1-3H3. The summed E-state index contributed by atoms with van der Waals surface area (Å²) in [7, 11) is 0. The maximum Gasteiger partial charge on any atom is 0.142 e. The highest BCUT2D eigenvalue weighted by atomic mass is 32.1. The van der Waals surface area contributed by atoms with Crippen LogP contribution in [0.5, 0.6) is 0 Å². The summed E-state index contributed by atoms with van der Waals surface area (Å²) in [6.07, 6.45) is 3.98. The molecule has 3 nitrogen and oxygen atoms in total. The Kier molecular flexibility index (Phi) is 4.09. The first-order valence-electron chi connectivity index (χ1n) is 6.28. The van der Waals surface area contributed by atoms with Crippen LogP contribution in [0, 0.1) is 13.8 Å². The highest BCUT2D eigenvalue weighted by molar-refractivity contribution is 7.15. The van der Waals surface area contributed by atoms with Crippen molar-refractivity contribution in [2.45, 2.75) is 40.2 Å². The van der Waals surface area contributed by atoms with Crippen LogP contribution >= 0.6 is 11.3 Å². The molecule has 2 N–H and O–H groups in total. The quantitative estimate of drug-likeness (QED) is 0.919. The fourth-order valence-electron chi connectivity index (χ4n) is 2.02. The lowest BCUT2D eigenvalue weighted by atomic mass is 10.2. The van der Waals surface area contributed by atoms with Gasteiger partial charge in [0.1, 0.15) is 10.7 Å². The molecule has 0 fully saturated rings. The van der Waals surface area contributed by atoms with Crippen molar-refractivity contribution in [1.29, 1.82) is 0 Å². The smallest absolute Gasteiger partial charge is 0.142 e. The van der Waals surface area contributed by atoms with E-state index in [-0.39, 0.29) is 0 Å². The van der Waals surface area contributed by atoms with Crippen molar-refractivity contribution in [1.82, 2.24) is 9.97 Å². The minimum atomic E-state index is 0.567. The molecule has 0 bridgehead atoms. The van der Waals surface area contributed by atoms with E-state index < -0.39 is 0 Å². The van der Waals surface area contributed by atoms with Gasteiger partial charge in [-0.15, -0.1) is 11.3 Å². The second-order valence-corrected chi connectivity index (χ2v) is 5.60. The summed E-state index contributed by atoms with van der Waals surface area (Å²) >= 11 is 1.67. The topological polar surface area (TPSA) is 51.8 Å². The zero-order valence-electron chi connectivity index (χ0n) is 11.2. The first-order chi connectivity index (χ1) is 8.65. The predicted octanol–water partition coefficient (Wildman–Crippen LogP) is 3.23. The summed E-state index contributed by atoms with van der Waals surface area (Å²) in [6, 6.07) is 2.14. The van der Waals surface area contributed by atoms with Crippen molar-refractivity contribution in [3.8, 4) is 10.7 Å². The maximum absolute atomic E-state index is 5.78. The first kappa shape index (κ1) is 13.2. The second kappa shape index (κ2) is 5.59. The first-order valence-corrected chi connectivity index (χ1v) is 7.09. The normalized spacial score (nSPS) is 10.9. The Bertz CT molecular complexity index is 546. The fraction of sp³-hybridized carbons (Fsp3) is 0.429. The molecule has 18 heavy (non-hydrogen) atoms. The van der Waals surface area contributed by atoms with E-state index >= 15 is 0 Å². The third kappa shape index (κ3) is 2.60. The number of rotatable bonds is 4. The van der Waals surface area contributed by atoms with E-state index in [0.717, 1.165) is 29.2 Å². The van der Waals surface area contributed by atoms with Crippen LogP contribution in [-0.2, 0) is 13.0 Å². The van der Waals surface area contributed by atoms with Gasteiger partial charge in [-0.1, -0.05) is 19.4 Å². The van der Waals surface area contributed by atoms with Gasteiger partial charge in [0.2, 0.25) is 0 Å². The van der Waals surface area contributed by atoms with Gasteiger partial charge in [0.05, 0.1) is 5.69 Å². The Labute approximate surface area is 112 Å². The predicted molar refractivity (Wildman–Crippen MR) is 76.7 cm³/mol. The van der Waals surface area contributed by atoms with Gasteiger partial charge >= 0.3 is 0 Å². The van der Waals surface area contributed by atoms with Crippen LogP contribution in [0.4, 0.5) is 0 Å². The Morgan fingerprint density at radius 2 is 2.11 bits per heavy atom. The fourth-order valence-corrected chi connectivity index (χ4v) is 3.06. The molecule has 0 unspecified atom stereocenters. The monoisotopic (exact) mass is 261 g/mol. The highest BCUT2D eigenvalue weighted by Crippen LogP contribution is 2.29. The summed E-state index contributed by atoms with van der Waals surface area (Å²) in [4.78, 5) is 10.4. The van der Waals surface area contributed by atoms with E-state index in [2.05, 4.69) is 31.8 Å². The second-order valence-electron chi connectivity index (χ2n) is 4.52. The van der Waals surface area contributed by atoms with Gasteiger partial charge in [-0.3, -0.25) is 4.98 Å². The van der Waals surface area contributed by atoms with Crippen LogP contribution in [0.2, 0.25) is 0 Å². The number of nitrogens with two attached hydrogens (primary N) is 1. The van der Waals surface area contributed by atoms with Crippen LogP contribution in [0.1, 0.15) is 35.0 Å². The average molecular weight is 261 g/mol. The molecular formula is C14H19N3S. The summed E-state index contributed by atoms with van der Waals surface area (Å²) in [5, 5.41) is 0.997. The molecule has 0 aliphatic carbocycles. The molecule has 0 atom stereocenters. The number of nitrogens with zero attached hydrogens (tertiary/aromatic N) is 2. The van der Waals surface area contributed by atoms with E-state index in [0.29, 0.717) is 6.54 Å². The van der Waals surface area contributed by atoms with Crippen LogP contribution in [-0.4, -0.2) is 9.97 Å². The Morgan fingerprint density at radius 3 is 2.72 bits per heavy atom. The Morgan fingerprint density at radius 1 is 1.33 bits per heavy atom. The van der Waals surface area contributed by atoms with Crippen LogP contribution in [0.15, 0.2) is 12.3 Å². The maximum atomic E-state index is 5.78. The van der Waals surface area contributed by atoms with E-state index in [9.17, 15) is 0 Å². The molecule has 0 saturated carbocycles. The molecule has 2 aromatic heterocycles. The molecule has 0 aliphatic rings. The average Bonchev–Trinajstić information content (AvgIpc) is 2.72. The minimum Gasteiger partial charge on any atom is -0.326 e. The molecule has 0 aromatic carbocycles. The third-order valence-corrected chi connectivity index (χ3v) is 3.99. The summed E-state index contributed by atoms with van der Waals surface area (Å²) in [5.74, 6) is 0. The molecule has 0 amide bonds. The summed E-state index contributed by atoms with van der Waals surface area (Å²) in [6.45, 7) is 6.87. The molecule has 0 aliphatic heterocycles. The van der Waals surface area contributed by atoms with Crippen molar-refractivity contribution < 1.29 is 0 Å². The van der Waals surface area contributed by atoms with Crippen molar-refractivity contribution in [3.05, 3.63) is 34.0 Å². The summed E-state index contributed by atoms with van der Waals surface area (Å²) < 4.78 is 0. The van der Waals surface area contributed by atoms with Gasteiger partial charge in [0, 0.05) is 17.6 Å². The minimum absolute atomic E-state index is 0.567. The third-order valence-electron chi connectivity index (χ3n) is 2.87. The van der Waals surface area contributed by atoms with Crippen molar-refractivity contribution >= 4 is 11.3 Å². The largest absolute Gasteiger partial charge is 0.326 e. The molecule has 2 aromatic rings. The van der Waals surface area contributed by atoms with E-state index in [1.165, 1.54) is 16.0 Å². The Balaban J connectivity index is 2.44. The molecule has 96 valence electrons. The molecule has 2 rings (SSSR count). The van der Waals surface area contributed by atoms with E-state index in [1.807, 2.05) is 6.20 Å². The molecule has 0 spiro atoms. The number of thiazole rings is 1. The van der Waals surface area contributed by atoms with E-state index in [1.54, 1.807) is 11.3 Å². The van der Waals surface area contributed by atoms with Gasteiger partial charge in [0.15, 0.2) is 0 Å². The molecule has 4 heteroatoms. The molecular weight excluding hydrogens is 242 g/mol. The van der Waals surface area contributed by atoms with Gasteiger partial charge in [0.25, 0.3) is 0 Å². The number of hydrogen-bond acceptors (Lipinski definition) is 4. The van der Waals surface area contributed by atoms with Crippen LogP contribution in [0.3, 0.4) is 0 Å². The van der Waals surface area contributed by atoms with Gasteiger partial charge < -0.3 is 5.73 Å². The molecule has 0 radical (unpaired) electrons. The zero-order chi connectivity index (χ0) is 13.1. The molecule has 0 saturated heterocycles. The number of aromatic nitrogens is 2. The van der Waals surface area contributed by atoms with Gasteiger partial charge in [-0.05, 0) is 31.4 Å². The van der Waals surface area contributed by atoms with Crippen LogP contribution < -0.4 is 5.73 Å². The SMILES string of the molecule is CCCc1nc(-c2ncc(C)cc2C)sc1CN. The number of pyridine rings is 1. The van der Waals surface area contributed by atoms with E-state index in [4.69, 9.17) is 10.7 Å². The van der Waals surface area contributed by atoms with Crippen molar-refractivity contribution in [2.75, 3.05) is 0 Å². The lowest BCUT2D eigenvalue weighted by Gasteiger charge is -2.01. The van der Waals surface area contributed by atoms with Gasteiger partial charge in [-0.2, -0.15) is 0 Å². The molecule has 2 heterocycles. The zero-order valence-corrected chi connectivity index (χ0v) is 12.0. The highest BCUT2D eigenvalue weighted by Gasteiger charge is 2.13. The lowest BCUT2D eigenvalue weighted by molar-refractivity contribution is 0.871. The summed E-state index contributed by atoms with van der Waals surface area (Å²) in [5.41, 5.74) is 10.3. The Hall–Kier alpha value is -1.26. The lowest BCUT2D eigenvalue weighted by Crippen LogP contribution is -1.98. The van der Waals surface area contributed by atoms with Gasteiger partial charge in [-0.25, -0.2) is 4.98 Å².